The summed E-state index contributed by atoms with van der Waals surface area (Å²) in [6.07, 6.45) is 4.88. The van der Waals surface area contributed by atoms with Crippen LogP contribution in [0.2, 0.25) is 0 Å². The third-order valence-corrected chi connectivity index (χ3v) is 4.16. The lowest BCUT2D eigenvalue weighted by Gasteiger charge is -2.23. The van der Waals surface area contributed by atoms with Gasteiger partial charge in [-0.15, -0.1) is 0 Å². The number of pyridine rings is 1. The van der Waals surface area contributed by atoms with E-state index < -0.39 is 0 Å². The summed E-state index contributed by atoms with van der Waals surface area (Å²) in [6.45, 7) is 0. The molecule has 0 bridgehead atoms. The van der Waals surface area contributed by atoms with Crippen molar-refractivity contribution >= 4 is 28.8 Å². The van der Waals surface area contributed by atoms with E-state index in [2.05, 4.69) is 32.7 Å². The van der Waals surface area contributed by atoms with E-state index in [1.54, 1.807) is 6.20 Å². The maximum Gasteiger partial charge on any atom is 0.228 e. The Morgan fingerprint density at radius 1 is 1.09 bits per heavy atom. The number of anilines is 4. The molecule has 1 aromatic heterocycles. The first-order chi connectivity index (χ1) is 11.1. The van der Waals surface area contributed by atoms with Crippen LogP contribution < -0.4 is 15.5 Å². The number of hydrogen-bond donors (Lipinski definition) is 2. The molecule has 5 nitrogen and oxygen atoms in total. The summed E-state index contributed by atoms with van der Waals surface area (Å²) < 4.78 is 0. The van der Waals surface area contributed by atoms with Crippen LogP contribution in [0.15, 0.2) is 42.6 Å². The molecule has 1 heterocycles. The summed E-state index contributed by atoms with van der Waals surface area (Å²) in [4.78, 5) is 18.2. The maximum atomic E-state index is 11.9. The number of carbonyl (C=O) groups excluding carboxylic acids is 1. The van der Waals surface area contributed by atoms with Crippen molar-refractivity contribution in [1.29, 1.82) is 0 Å². The first kappa shape index (κ1) is 15.3. The molecule has 0 radical (unpaired) electrons. The highest BCUT2D eigenvalue weighted by Gasteiger charge is 2.25. The largest absolute Gasteiger partial charge is 0.378 e. The van der Waals surface area contributed by atoms with Gasteiger partial charge in [0, 0.05) is 31.4 Å². The van der Waals surface area contributed by atoms with Gasteiger partial charge in [0.1, 0.15) is 5.82 Å². The molecule has 120 valence electrons. The van der Waals surface area contributed by atoms with Gasteiger partial charge in [-0.05, 0) is 49.2 Å². The van der Waals surface area contributed by atoms with Crippen molar-refractivity contribution in [3.63, 3.8) is 0 Å². The molecule has 5 heteroatoms. The predicted molar refractivity (Wildman–Crippen MR) is 94.3 cm³/mol. The predicted octanol–water partition coefficient (Wildman–Crippen LogP) is 3.63. The summed E-state index contributed by atoms with van der Waals surface area (Å²) >= 11 is 0. The molecule has 2 aromatic rings. The fraction of sp³-hybridized carbons (Fsp3) is 0.333. The first-order valence-corrected chi connectivity index (χ1v) is 7.93. The van der Waals surface area contributed by atoms with E-state index in [4.69, 9.17) is 0 Å². The average molecular weight is 310 g/mol. The Labute approximate surface area is 136 Å². The Morgan fingerprint density at radius 2 is 1.78 bits per heavy atom. The van der Waals surface area contributed by atoms with Crippen molar-refractivity contribution in [3.8, 4) is 0 Å². The molecule has 1 amide bonds. The van der Waals surface area contributed by atoms with Gasteiger partial charge in [-0.25, -0.2) is 4.98 Å². The molecular weight excluding hydrogens is 288 g/mol. The summed E-state index contributed by atoms with van der Waals surface area (Å²) in [7, 11) is 4.03. The second-order valence-corrected chi connectivity index (χ2v) is 6.12. The highest BCUT2D eigenvalue weighted by atomic mass is 16.2. The average Bonchev–Trinajstić information content (AvgIpc) is 2.48. The minimum atomic E-state index is 0.0868. The van der Waals surface area contributed by atoms with Gasteiger partial charge >= 0.3 is 0 Å². The van der Waals surface area contributed by atoms with Gasteiger partial charge in [-0.2, -0.15) is 0 Å². The molecule has 1 aromatic carbocycles. The first-order valence-electron chi connectivity index (χ1n) is 7.93. The standard InChI is InChI=1S/C18H22N4O/c1-22(2)16-9-6-14(7-10-16)20-15-8-11-17(19-12-15)21-18(23)13-4-3-5-13/h6-13,20H,3-5H2,1-2H3,(H,19,21,23). The Hall–Kier alpha value is -2.56. The number of hydrogen-bond acceptors (Lipinski definition) is 4. The molecule has 23 heavy (non-hydrogen) atoms. The fourth-order valence-corrected chi connectivity index (χ4v) is 2.45. The number of amides is 1. The summed E-state index contributed by atoms with van der Waals surface area (Å²) in [5.41, 5.74) is 3.05. The molecule has 1 aliphatic carbocycles. The Morgan fingerprint density at radius 3 is 2.30 bits per heavy atom. The maximum absolute atomic E-state index is 11.9. The van der Waals surface area contributed by atoms with Crippen LogP contribution in [-0.2, 0) is 4.79 Å². The quantitative estimate of drug-likeness (QED) is 0.885. The van der Waals surface area contributed by atoms with Gasteiger partial charge in [0.15, 0.2) is 0 Å². The Kier molecular flexibility index (Phi) is 4.46. The zero-order valence-corrected chi connectivity index (χ0v) is 13.5. The lowest BCUT2D eigenvalue weighted by molar-refractivity contribution is -0.122. The van der Waals surface area contributed by atoms with E-state index in [9.17, 15) is 4.79 Å². The number of nitrogens with one attached hydrogen (secondary N) is 2. The van der Waals surface area contributed by atoms with Crippen molar-refractivity contribution in [1.82, 2.24) is 4.98 Å². The van der Waals surface area contributed by atoms with Gasteiger partial charge in [-0.3, -0.25) is 4.79 Å². The molecule has 0 unspecified atom stereocenters. The van der Waals surface area contributed by atoms with Crippen molar-refractivity contribution in [2.75, 3.05) is 29.6 Å². The molecule has 1 saturated carbocycles. The van der Waals surface area contributed by atoms with Crippen LogP contribution in [0.4, 0.5) is 22.9 Å². The Balaban J connectivity index is 1.59. The van der Waals surface area contributed by atoms with Crippen LogP contribution in [-0.4, -0.2) is 25.0 Å². The second kappa shape index (κ2) is 6.69. The van der Waals surface area contributed by atoms with Crippen molar-refractivity contribution < 1.29 is 4.79 Å². The Bertz CT molecular complexity index is 660. The second-order valence-electron chi connectivity index (χ2n) is 6.12. The number of aromatic nitrogens is 1. The SMILES string of the molecule is CN(C)c1ccc(Nc2ccc(NC(=O)C3CCC3)nc2)cc1. The van der Waals surface area contributed by atoms with E-state index in [0.717, 1.165) is 36.3 Å². The van der Waals surface area contributed by atoms with Crippen LogP contribution in [0.3, 0.4) is 0 Å². The normalized spacial score (nSPS) is 14.0. The topological polar surface area (TPSA) is 57.3 Å². The molecular formula is C18H22N4O. The van der Waals surface area contributed by atoms with Gasteiger partial charge in [0.05, 0.1) is 11.9 Å². The van der Waals surface area contributed by atoms with Crippen LogP contribution in [0, 0.1) is 5.92 Å². The van der Waals surface area contributed by atoms with Gasteiger partial charge < -0.3 is 15.5 Å². The lowest BCUT2D eigenvalue weighted by Crippen LogP contribution is -2.28. The molecule has 1 fully saturated rings. The van der Waals surface area contributed by atoms with E-state index >= 15 is 0 Å². The van der Waals surface area contributed by atoms with E-state index in [1.165, 1.54) is 0 Å². The van der Waals surface area contributed by atoms with Crippen LogP contribution in [0.5, 0.6) is 0 Å². The summed E-state index contributed by atoms with van der Waals surface area (Å²) in [5.74, 6) is 0.865. The molecule has 0 aliphatic heterocycles. The number of benzene rings is 1. The van der Waals surface area contributed by atoms with Gasteiger partial charge in [0.25, 0.3) is 0 Å². The fourth-order valence-electron chi connectivity index (χ4n) is 2.45. The van der Waals surface area contributed by atoms with E-state index in [0.29, 0.717) is 5.82 Å². The summed E-state index contributed by atoms with van der Waals surface area (Å²) in [6, 6.07) is 11.9. The number of carbonyl (C=O) groups is 1. The number of nitrogens with zero attached hydrogens (tertiary/aromatic N) is 2. The molecule has 3 rings (SSSR count). The third kappa shape index (κ3) is 3.80. The molecule has 1 aliphatic rings. The summed E-state index contributed by atoms with van der Waals surface area (Å²) in [5, 5.41) is 6.17. The highest BCUT2D eigenvalue weighted by molar-refractivity contribution is 5.92. The molecule has 0 atom stereocenters. The zero-order chi connectivity index (χ0) is 16.2. The highest BCUT2D eigenvalue weighted by Crippen LogP contribution is 2.27. The molecule has 2 N–H and O–H groups in total. The minimum absolute atomic E-state index is 0.0868. The van der Waals surface area contributed by atoms with Gasteiger partial charge in [0.2, 0.25) is 5.91 Å². The number of rotatable bonds is 5. The van der Waals surface area contributed by atoms with Crippen molar-refractivity contribution in [3.05, 3.63) is 42.6 Å². The zero-order valence-electron chi connectivity index (χ0n) is 13.5. The smallest absolute Gasteiger partial charge is 0.228 e. The van der Waals surface area contributed by atoms with Crippen LogP contribution in [0.25, 0.3) is 0 Å². The lowest BCUT2D eigenvalue weighted by atomic mass is 9.85. The third-order valence-electron chi connectivity index (χ3n) is 4.16. The van der Waals surface area contributed by atoms with Crippen molar-refractivity contribution in [2.24, 2.45) is 5.92 Å². The van der Waals surface area contributed by atoms with Crippen LogP contribution in [0.1, 0.15) is 19.3 Å². The van der Waals surface area contributed by atoms with Crippen LogP contribution >= 0.6 is 0 Å². The van der Waals surface area contributed by atoms with Crippen molar-refractivity contribution in [2.45, 2.75) is 19.3 Å². The van der Waals surface area contributed by atoms with E-state index in [-0.39, 0.29) is 11.8 Å². The monoisotopic (exact) mass is 310 g/mol. The minimum Gasteiger partial charge on any atom is -0.378 e. The molecule has 0 saturated heterocycles. The van der Waals surface area contributed by atoms with Gasteiger partial charge in [-0.1, -0.05) is 6.42 Å². The molecule has 0 spiro atoms. The van der Waals surface area contributed by atoms with E-state index in [1.807, 2.05) is 38.4 Å².